The van der Waals surface area contributed by atoms with Crippen LogP contribution in [0.5, 0.6) is 0 Å². The highest BCUT2D eigenvalue weighted by Crippen LogP contribution is 2.29. The number of ether oxygens (including phenoxy) is 1. The Kier molecular flexibility index (Phi) is 4.40. The molecule has 98 valence electrons. The van der Waals surface area contributed by atoms with Gasteiger partial charge in [-0.2, -0.15) is 0 Å². The quantitative estimate of drug-likeness (QED) is 0.872. The summed E-state index contributed by atoms with van der Waals surface area (Å²) in [6, 6.07) is 7.83. The Labute approximate surface area is 116 Å². The van der Waals surface area contributed by atoms with Crippen LogP contribution in [0.1, 0.15) is 25.3 Å². The van der Waals surface area contributed by atoms with E-state index in [9.17, 15) is 4.79 Å². The zero-order chi connectivity index (χ0) is 13.0. The SMILES string of the molecule is CC1(C(=O)OCc2ccc(Br)cc2)CCNCC1. The molecule has 1 fully saturated rings. The van der Waals surface area contributed by atoms with E-state index in [0.717, 1.165) is 36.0 Å². The number of carbonyl (C=O) groups excluding carboxylic acids is 1. The molecule has 0 amide bonds. The predicted octanol–water partition coefficient (Wildman–Crippen LogP) is 2.88. The molecule has 0 spiro atoms. The van der Waals surface area contributed by atoms with Gasteiger partial charge in [0.15, 0.2) is 0 Å². The van der Waals surface area contributed by atoms with Crippen molar-refractivity contribution in [2.45, 2.75) is 26.4 Å². The number of hydrogen-bond acceptors (Lipinski definition) is 3. The van der Waals surface area contributed by atoms with Crippen molar-refractivity contribution in [1.82, 2.24) is 5.32 Å². The molecule has 1 aromatic carbocycles. The molecule has 18 heavy (non-hydrogen) atoms. The van der Waals surface area contributed by atoms with Crippen molar-refractivity contribution in [2.75, 3.05) is 13.1 Å². The number of nitrogens with one attached hydrogen (secondary N) is 1. The second-order valence-electron chi connectivity index (χ2n) is 5.01. The van der Waals surface area contributed by atoms with Gasteiger partial charge in [0.2, 0.25) is 0 Å². The third kappa shape index (κ3) is 3.33. The van der Waals surface area contributed by atoms with Crippen molar-refractivity contribution in [3.8, 4) is 0 Å². The van der Waals surface area contributed by atoms with Crippen LogP contribution in [0, 0.1) is 5.41 Å². The number of carbonyl (C=O) groups is 1. The van der Waals surface area contributed by atoms with Gasteiger partial charge in [-0.05, 0) is 50.6 Å². The lowest BCUT2D eigenvalue weighted by Crippen LogP contribution is -2.40. The zero-order valence-electron chi connectivity index (χ0n) is 10.5. The second kappa shape index (κ2) is 5.85. The van der Waals surface area contributed by atoms with Gasteiger partial charge in [0, 0.05) is 4.47 Å². The van der Waals surface area contributed by atoms with Crippen molar-refractivity contribution < 1.29 is 9.53 Å². The number of halogens is 1. The Bertz CT molecular complexity index is 410. The van der Waals surface area contributed by atoms with Crippen LogP contribution in [-0.2, 0) is 16.1 Å². The van der Waals surface area contributed by atoms with Gasteiger partial charge < -0.3 is 10.1 Å². The van der Waals surface area contributed by atoms with Crippen LogP contribution in [0.4, 0.5) is 0 Å². The minimum atomic E-state index is -0.319. The third-order valence-corrected chi connectivity index (χ3v) is 4.01. The molecule has 1 aromatic rings. The Morgan fingerprint density at radius 3 is 2.56 bits per heavy atom. The normalized spacial score (nSPS) is 18.3. The van der Waals surface area contributed by atoms with Crippen molar-refractivity contribution >= 4 is 21.9 Å². The summed E-state index contributed by atoms with van der Waals surface area (Å²) in [6.45, 7) is 4.14. The third-order valence-electron chi connectivity index (χ3n) is 3.48. The largest absolute Gasteiger partial charge is 0.460 e. The van der Waals surface area contributed by atoms with Crippen molar-refractivity contribution in [3.63, 3.8) is 0 Å². The van der Waals surface area contributed by atoms with E-state index >= 15 is 0 Å². The van der Waals surface area contributed by atoms with Crippen LogP contribution in [0.15, 0.2) is 28.7 Å². The molecule has 0 radical (unpaired) electrons. The first-order valence-corrected chi connectivity index (χ1v) is 7.02. The smallest absolute Gasteiger partial charge is 0.312 e. The summed E-state index contributed by atoms with van der Waals surface area (Å²) in [5.74, 6) is -0.0769. The molecule has 0 atom stereocenters. The average molecular weight is 312 g/mol. The monoisotopic (exact) mass is 311 g/mol. The summed E-state index contributed by atoms with van der Waals surface area (Å²) >= 11 is 3.38. The number of piperidine rings is 1. The lowest BCUT2D eigenvalue weighted by atomic mass is 9.81. The van der Waals surface area contributed by atoms with E-state index in [1.165, 1.54) is 0 Å². The standard InChI is InChI=1S/C14H18BrNO2/c1-14(6-8-16-9-7-14)13(17)18-10-11-2-4-12(15)5-3-11/h2-5,16H,6-10H2,1H3. The molecule has 0 unspecified atom stereocenters. The van der Waals surface area contributed by atoms with Gasteiger partial charge in [0.25, 0.3) is 0 Å². The minimum absolute atomic E-state index is 0.0769. The number of hydrogen-bond donors (Lipinski definition) is 1. The zero-order valence-corrected chi connectivity index (χ0v) is 12.1. The van der Waals surface area contributed by atoms with Gasteiger partial charge in [-0.1, -0.05) is 28.1 Å². The van der Waals surface area contributed by atoms with E-state index in [0.29, 0.717) is 6.61 Å². The highest BCUT2D eigenvalue weighted by molar-refractivity contribution is 9.10. The summed E-state index contributed by atoms with van der Waals surface area (Å²) in [5.41, 5.74) is 0.699. The maximum absolute atomic E-state index is 12.1. The van der Waals surface area contributed by atoms with Crippen LogP contribution < -0.4 is 5.32 Å². The van der Waals surface area contributed by atoms with Gasteiger partial charge >= 0.3 is 5.97 Å². The van der Waals surface area contributed by atoms with Gasteiger partial charge in [-0.15, -0.1) is 0 Å². The van der Waals surface area contributed by atoms with Crippen LogP contribution in [0.25, 0.3) is 0 Å². The van der Waals surface area contributed by atoms with Crippen LogP contribution >= 0.6 is 15.9 Å². The van der Waals surface area contributed by atoms with Crippen molar-refractivity contribution in [3.05, 3.63) is 34.3 Å². The first-order valence-electron chi connectivity index (χ1n) is 6.23. The van der Waals surface area contributed by atoms with E-state index in [1.54, 1.807) is 0 Å². The molecule has 2 rings (SSSR count). The highest BCUT2D eigenvalue weighted by atomic mass is 79.9. The first kappa shape index (κ1) is 13.6. The number of benzene rings is 1. The summed E-state index contributed by atoms with van der Waals surface area (Å²) in [6.07, 6.45) is 1.71. The van der Waals surface area contributed by atoms with Crippen LogP contribution in [0.3, 0.4) is 0 Å². The lowest BCUT2D eigenvalue weighted by molar-refractivity contribution is -0.157. The van der Waals surface area contributed by atoms with Gasteiger partial charge in [-0.3, -0.25) is 4.79 Å². The molecule has 3 nitrogen and oxygen atoms in total. The maximum Gasteiger partial charge on any atom is 0.312 e. The summed E-state index contributed by atoms with van der Waals surface area (Å²) < 4.78 is 6.46. The number of esters is 1. The second-order valence-corrected chi connectivity index (χ2v) is 5.93. The maximum atomic E-state index is 12.1. The fourth-order valence-corrected chi connectivity index (χ4v) is 2.35. The molecule has 0 aliphatic carbocycles. The topological polar surface area (TPSA) is 38.3 Å². The molecule has 0 bridgehead atoms. The molecule has 1 heterocycles. The van der Waals surface area contributed by atoms with E-state index < -0.39 is 0 Å². The van der Waals surface area contributed by atoms with Gasteiger partial charge in [0.05, 0.1) is 5.41 Å². The molecule has 4 heteroatoms. The van der Waals surface area contributed by atoms with Gasteiger partial charge in [0.1, 0.15) is 6.61 Å². The Hall–Kier alpha value is -0.870. The highest BCUT2D eigenvalue weighted by Gasteiger charge is 2.35. The summed E-state index contributed by atoms with van der Waals surface area (Å²) in [5, 5.41) is 3.26. The Morgan fingerprint density at radius 1 is 1.33 bits per heavy atom. The molecule has 1 aliphatic rings. The van der Waals surface area contributed by atoms with E-state index in [4.69, 9.17) is 4.74 Å². The summed E-state index contributed by atoms with van der Waals surface area (Å²) in [4.78, 5) is 12.1. The van der Waals surface area contributed by atoms with Crippen LogP contribution in [-0.4, -0.2) is 19.1 Å². The van der Waals surface area contributed by atoms with E-state index in [-0.39, 0.29) is 11.4 Å². The number of rotatable bonds is 3. The van der Waals surface area contributed by atoms with Crippen LogP contribution in [0.2, 0.25) is 0 Å². The van der Waals surface area contributed by atoms with Gasteiger partial charge in [-0.25, -0.2) is 0 Å². The van der Waals surface area contributed by atoms with Crippen molar-refractivity contribution in [1.29, 1.82) is 0 Å². The first-order chi connectivity index (χ1) is 8.60. The lowest BCUT2D eigenvalue weighted by Gasteiger charge is -2.31. The average Bonchev–Trinajstić information content (AvgIpc) is 2.38. The molecule has 0 saturated carbocycles. The molecule has 1 saturated heterocycles. The molecular formula is C14H18BrNO2. The fourth-order valence-electron chi connectivity index (χ4n) is 2.09. The molecule has 1 aliphatic heterocycles. The molecule has 0 aromatic heterocycles. The Morgan fingerprint density at radius 2 is 1.94 bits per heavy atom. The Balaban J connectivity index is 1.89. The predicted molar refractivity (Wildman–Crippen MR) is 74.1 cm³/mol. The van der Waals surface area contributed by atoms with E-state index in [2.05, 4.69) is 21.2 Å². The van der Waals surface area contributed by atoms with E-state index in [1.807, 2.05) is 31.2 Å². The summed E-state index contributed by atoms with van der Waals surface area (Å²) in [7, 11) is 0. The minimum Gasteiger partial charge on any atom is -0.460 e. The molecule has 1 N–H and O–H groups in total. The molecular weight excluding hydrogens is 294 g/mol. The van der Waals surface area contributed by atoms with Crippen molar-refractivity contribution in [2.24, 2.45) is 5.41 Å². The fraction of sp³-hybridized carbons (Fsp3) is 0.500.